The third kappa shape index (κ3) is 1.95. The van der Waals surface area contributed by atoms with Crippen LogP contribution >= 0.6 is 0 Å². The lowest BCUT2D eigenvalue weighted by Crippen LogP contribution is -2.32. The van der Waals surface area contributed by atoms with Crippen LogP contribution < -0.4 is 11.5 Å². The van der Waals surface area contributed by atoms with Crippen molar-refractivity contribution >= 4 is 11.8 Å². The minimum absolute atomic E-state index is 0.157. The number of hydrogen-bond donors (Lipinski definition) is 3. The lowest BCUT2D eigenvalue weighted by Gasteiger charge is -2.12. The third-order valence-electron chi connectivity index (χ3n) is 3.37. The van der Waals surface area contributed by atoms with Gasteiger partial charge in [-0.05, 0) is 30.5 Å². The standard InChI is InChI=1S/C12H14N2O3/c13-10(16)9-6-12(9,11(14)17)5-7-1-3-8(15)4-2-7/h1-4,9,15H,5-6H2,(H2,13,16)(H2,14,17)/t9-,12+/m1/s1. The summed E-state index contributed by atoms with van der Waals surface area (Å²) >= 11 is 0. The van der Waals surface area contributed by atoms with Gasteiger partial charge in [0.1, 0.15) is 5.75 Å². The van der Waals surface area contributed by atoms with Crippen LogP contribution in [-0.4, -0.2) is 16.9 Å². The summed E-state index contributed by atoms with van der Waals surface area (Å²) in [6.07, 6.45) is 0.800. The van der Waals surface area contributed by atoms with E-state index in [4.69, 9.17) is 16.6 Å². The molecule has 0 bridgehead atoms. The molecule has 1 saturated carbocycles. The summed E-state index contributed by atoms with van der Waals surface area (Å²) in [5, 5.41) is 9.15. The molecular formula is C12H14N2O3. The van der Waals surface area contributed by atoms with Crippen molar-refractivity contribution in [1.29, 1.82) is 0 Å². The molecule has 1 fully saturated rings. The van der Waals surface area contributed by atoms with E-state index in [1.54, 1.807) is 12.1 Å². The van der Waals surface area contributed by atoms with E-state index < -0.39 is 23.1 Å². The van der Waals surface area contributed by atoms with Crippen molar-refractivity contribution in [3.63, 3.8) is 0 Å². The molecule has 17 heavy (non-hydrogen) atoms. The van der Waals surface area contributed by atoms with E-state index >= 15 is 0 Å². The lowest BCUT2D eigenvalue weighted by molar-refractivity contribution is -0.127. The number of hydrogen-bond acceptors (Lipinski definition) is 3. The molecule has 2 rings (SSSR count). The predicted octanol–water partition coefficient (Wildman–Crippen LogP) is -0.0884. The van der Waals surface area contributed by atoms with Crippen molar-refractivity contribution in [3.05, 3.63) is 29.8 Å². The maximum absolute atomic E-state index is 11.4. The average molecular weight is 234 g/mol. The number of carbonyl (C=O) groups excluding carboxylic acids is 2. The molecule has 0 radical (unpaired) electrons. The van der Waals surface area contributed by atoms with Gasteiger partial charge >= 0.3 is 0 Å². The Balaban J connectivity index is 2.19. The van der Waals surface area contributed by atoms with Crippen molar-refractivity contribution in [3.8, 4) is 5.75 Å². The van der Waals surface area contributed by atoms with Crippen molar-refractivity contribution in [2.75, 3.05) is 0 Å². The largest absolute Gasteiger partial charge is 0.508 e. The van der Waals surface area contributed by atoms with E-state index in [0.717, 1.165) is 5.56 Å². The third-order valence-corrected chi connectivity index (χ3v) is 3.37. The molecule has 0 aromatic heterocycles. The second-order valence-corrected chi connectivity index (χ2v) is 4.52. The molecule has 0 heterocycles. The minimum Gasteiger partial charge on any atom is -0.508 e. The number of amides is 2. The van der Waals surface area contributed by atoms with Crippen LogP contribution in [0.4, 0.5) is 0 Å². The Morgan fingerprint density at radius 2 is 1.88 bits per heavy atom. The molecule has 1 aliphatic carbocycles. The molecule has 0 aliphatic heterocycles. The number of phenolic OH excluding ortho intramolecular Hbond substituents is 1. The topological polar surface area (TPSA) is 106 Å². The Labute approximate surface area is 98.4 Å². The van der Waals surface area contributed by atoms with Crippen LogP contribution in [0.15, 0.2) is 24.3 Å². The highest BCUT2D eigenvalue weighted by Crippen LogP contribution is 2.54. The summed E-state index contributed by atoms with van der Waals surface area (Å²) in [4.78, 5) is 22.5. The van der Waals surface area contributed by atoms with Crippen LogP contribution in [0.3, 0.4) is 0 Å². The number of rotatable bonds is 4. The fourth-order valence-corrected chi connectivity index (χ4v) is 2.21. The maximum atomic E-state index is 11.4. The highest BCUT2D eigenvalue weighted by Gasteiger charge is 2.61. The first-order chi connectivity index (χ1) is 7.95. The average Bonchev–Trinajstić information content (AvgIpc) is 2.98. The predicted molar refractivity (Wildman–Crippen MR) is 60.7 cm³/mol. The SMILES string of the molecule is NC(=O)[C@H]1C[C@]1(Cc1ccc(O)cc1)C(N)=O. The molecule has 0 spiro atoms. The van der Waals surface area contributed by atoms with Crippen LogP contribution in [0.5, 0.6) is 5.75 Å². The molecule has 2 amide bonds. The molecule has 1 aromatic carbocycles. The lowest BCUT2D eigenvalue weighted by atomic mass is 9.93. The van der Waals surface area contributed by atoms with Crippen LogP contribution in [0, 0.1) is 11.3 Å². The summed E-state index contributed by atoms with van der Waals surface area (Å²) in [5.41, 5.74) is 10.6. The van der Waals surface area contributed by atoms with Crippen LogP contribution in [-0.2, 0) is 16.0 Å². The fraction of sp³-hybridized carbons (Fsp3) is 0.333. The van der Waals surface area contributed by atoms with Gasteiger partial charge < -0.3 is 16.6 Å². The molecule has 5 heteroatoms. The van der Waals surface area contributed by atoms with Crippen LogP contribution in [0.2, 0.25) is 0 Å². The molecule has 5 nitrogen and oxygen atoms in total. The second kappa shape index (κ2) is 3.76. The quantitative estimate of drug-likeness (QED) is 0.677. The van der Waals surface area contributed by atoms with Crippen LogP contribution in [0.1, 0.15) is 12.0 Å². The van der Waals surface area contributed by atoms with Gasteiger partial charge in [-0.2, -0.15) is 0 Å². The Morgan fingerprint density at radius 3 is 2.29 bits per heavy atom. The van der Waals surface area contributed by atoms with Gasteiger partial charge in [-0.25, -0.2) is 0 Å². The number of carbonyl (C=O) groups is 2. The number of phenols is 1. The summed E-state index contributed by atoms with van der Waals surface area (Å²) in [7, 11) is 0. The first kappa shape index (κ1) is 11.4. The van der Waals surface area contributed by atoms with Gasteiger partial charge in [-0.15, -0.1) is 0 Å². The molecule has 0 saturated heterocycles. The van der Waals surface area contributed by atoms with E-state index in [1.807, 2.05) is 0 Å². The van der Waals surface area contributed by atoms with Gasteiger partial charge in [0.2, 0.25) is 11.8 Å². The smallest absolute Gasteiger partial charge is 0.224 e. The zero-order chi connectivity index (χ0) is 12.6. The number of primary amides is 2. The molecule has 5 N–H and O–H groups in total. The Kier molecular flexibility index (Phi) is 2.53. The van der Waals surface area contributed by atoms with Gasteiger partial charge in [0.05, 0.1) is 11.3 Å². The Hall–Kier alpha value is -2.04. The van der Waals surface area contributed by atoms with Gasteiger partial charge in [-0.1, -0.05) is 12.1 Å². The van der Waals surface area contributed by atoms with Crippen molar-refractivity contribution in [1.82, 2.24) is 0 Å². The number of aromatic hydroxyl groups is 1. The molecular weight excluding hydrogens is 220 g/mol. The minimum atomic E-state index is -0.831. The van der Waals surface area contributed by atoms with Crippen molar-refractivity contribution in [2.45, 2.75) is 12.8 Å². The zero-order valence-electron chi connectivity index (χ0n) is 9.22. The zero-order valence-corrected chi connectivity index (χ0v) is 9.22. The Bertz CT molecular complexity index is 469. The maximum Gasteiger partial charge on any atom is 0.224 e. The highest BCUT2D eigenvalue weighted by molar-refractivity contribution is 5.94. The molecule has 90 valence electrons. The number of nitrogens with two attached hydrogens (primary N) is 2. The normalized spacial score (nSPS) is 26.5. The molecule has 1 aliphatic rings. The Morgan fingerprint density at radius 1 is 1.29 bits per heavy atom. The summed E-state index contributed by atoms with van der Waals surface area (Å²) < 4.78 is 0. The van der Waals surface area contributed by atoms with Gasteiger partial charge in [-0.3, -0.25) is 9.59 Å². The molecule has 2 atom stereocenters. The first-order valence-electron chi connectivity index (χ1n) is 5.33. The van der Waals surface area contributed by atoms with E-state index in [0.29, 0.717) is 12.8 Å². The first-order valence-corrected chi connectivity index (χ1v) is 5.33. The summed E-state index contributed by atoms with van der Waals surface area (Å²) in [6, 6.07) is 6.48. The van der Waals surface area contributed by atoms with E-state index in [-0.39, 0.29) is 5.75 Å². The second-order valence-electron chi connectivity index (χ2n) is 4.52. The van der Waals surface area contributed by atoms with Gasteiger partial charge in [0.15, 0.2) is 0 Å². The monoisotopic (exact) mass is 234 g/mol. The van der Waals surface area contributed by atoms with E-state index in [1.165, 1.54) is 12.1 Å². The van der Waals surface area contributed by atoms with Crippen molar-refractivity contribution < 1.29 is 14.7 Å². The van der Waals surface area contributed by atoms with Gasteiger partial charge in [0.25, 0.3) is 0 Å². The van der Waals surface area contributed by atoms with Crippen LogP contribution in [0.25, 0.3) is 0 Å². The fourth-order valence-electron chi connectivity index (χ4n) is 2.21. The van der Waals surface area contributed by atoms with E-state index in [9.17, 15) is 9.59 Å². The molecule has 0 unspecified atom stereocenters. The van der Waals surface area contributed by atoms with E-state index in [2.05, 4.69) is 0 Å². The van der Waals surface area contributed by atoms with Gasteiger partial charge in [0, 0.05) is 0 Å². The summed E-state index contributed by atoms with van der Waals surface area (Å²) in [6.45, 7) is 0. The number of benzene rings is 1. The molecule has 1 aromatic rings. The highest BCUT2D eigenvalue weighted by atomic mass is 16.3. The van der Waals surface area contributed by atoms with Crippen molar-refractivity contribution in [2.24, 2.45) is 22.8 Å². The summed E-state index contributed by atoms with van der Waals surface area (Å²) in [5.74, 6) is -1.28.